The van der Waals surface area contributed by atoms with Crippen molar-refractivity contribution >= 4 is 5.71 Å². The highest BCUT2D eigenvalue weighted by atomic mass is 19.4. The Bertz CT molecular complexity index is 309. The third-order valence-corrected chi connectivity index (χ3v) is 2.34. The first-order valence-electron chi connectivity index (χ1n) is 4.08. The fraction of sp³-hybridized carbons (Fsp3) is 0.444. The number of halogens is 3. The first-order chi connectivity index (χ1) is 6.07. The van der Waals surface area contributed by atoms with Gasteiger partial charge in [-0.3, -0.25) is 4.99 Å². The van der Waals surface area contributed by atoms with Crippen molar-refractivity contribution in [1.82, 2.24) is 0 Å². The van der Waals surface area contributed by atoms with Crippen molar-refractivity contribution in [3.63, 3.8) is 0 Å². The molecule has 70 valence electrons. The van der Waals surface area contributed by atoms with Crippen LogP contribution in [-0.2, 0) is 0 Å². The molecule has 0 N–H and O–H groups in total. The summed E-state index contributed by atoms with van der Waals surface area (Å²) in [5.41, 5.74) is 1.44. The van der Waals surface area contributed by atoms with Crippen molar-refractivity contribution in [2.75, 3.05) is 0 Å². The molecule has 0 bridgehead atoms. The minimum atomic E-state index is -4.09. The quantitative estimate of drug-likeness (QED) is 0.553. The third-order valence-electron chi connectivity index (χ3n) is 2.34. The highest BCUT2D eigenvalue weighted by Crippen LogP contribution is 2.37. The average molecular weight is 187 g/mol. The summed E-state index contributed by atoms with van der Waals surface area (Å²) in [5.74, 6) is -1.24. The Hall–Kier alpha value is -1.06. The van der Waals surface area contributed by atoms with Crippen LogP contribution in [0.4, 0.5) is 13.2 Å². The molecule has 0 aromatic heterocycles. The van der Waals surface area contributed by atoms with Gasteiger partial charge in [0.2, 0.25) is 0 Å². The molecule has 0 amide bonds. The summed E-state index contributed by atoms with van der Waals surface area (Å²) < 4.78 is 36.9. The summed E-state index contributed by atoms with van der Waals surface area (Å²) in [6.07, 6.45) is 0.948. The lowest BCUT2D eigenvalue weighted by atomic mass is 9.88. The molecule has 2 aliphatic rings. The Morgan fingerprint density at radius 1 is 1.38 bits per heavy atom. The summed E-state index contributed by atoms with van der Waals surface area (Å²) in [6.45, 7) is 0. The van der Waals surface area contributed by atoms with Gasteiger partial charge in [-0.15, -0.1) is 0 Å². The maximum atomic E-state index is 12.3. The molecule has 0 spiro atoms. The number of hydrogen-bond acceptors (Lipinski definition) is 1. The normalized spacial score (nSPS) is 26.8. The number of rotatable bonds is 0. The van der Waals surface area contributed by atoms with Gasteiger partial charge in [0, 0.05) is 18.3 Å². The number of allylic oxidation sites excluding steroid dienone is 3. The molecule has 4 heteroatoms. The number of alkyl halides is 3. The van der Waals surface area contributed by atoms with Crippen LogP contribution >= 0.6 is 0 Å². The van der Waals surface area contributed by atoms with E-state index in [1.165, 1.54) is 0 Å². The number of nitrogens with zero attached hydrogens (tertiary/aromatic N) is 1. The summed E-state index contributed by atoms with van der Waals surface area (Å²) in [4.78, 5) is 3.89. The second-order valence-corrected chi connectivity index (χ2v) is 3.23. The molecule has 0 aromatic carbocycles. The SMILES string of the molecule is FC(F)(F)C1CC=C2C=CN=C2C1. The molecule has 1 atom stereocenters. The molecule has 2 rings (SSSR count). The first kappa shape index (κ1) is 8.53. The van der Waals surface area contributed by atoms with Crippen LogP contribution in [0.3, 0.4) is 0 Å². The lowest BCUT2D eigenvalue weighted by Crippen LogP contribution is -2.27. The Morgan fingerprint density at radius 3 is 2.85 bits per heavy atom. The van der Waals surface area contributed by atoms with Gasteiger partial charge >= 0.3 is 6.18 Å². The Balaban J connectivity index is 2.18. The van der Waals surface area contributed by atoms with E-state index in [0.29, 0.717) is 5.71 Å². The highest BCUT2D eigenvalue weighted by Gasteiger charge is 2.41. The summed E-state index contributed by atoms with van der Waals surface area (Å²) in [5, 5.41) is 0. The van der Waals surface area contributed by atoms with Gasteiger partial charge in [-0.05, 0) is 18.1 Å². The zero-order valence-corrected chi connectivity index (χ0v) is 6.80. The molecule has 1 unspecified atom stereocenters. The maximum absolute atomic E-state index is 12.3. The van der Waals surface area contributed by atoms with Gasteiger partial charge in [-0.25, -0.2) is 0 Å². The number of fused-ring (bicyclic) bond motifs is 1. The third kappa shape index (κ3) is 1.53. The second kappa shape index (κ2) is 2.72. The van der Waals surface area contributed by atoms with Gasteiger partial charge in [-0.1, -0.05) is 6.08 Å². The Labute approximate surface area is 73.7 Å². The van der Waals surface area contributed by atoms with E-state index in [-0.39, 0.29) is 12.8 Å². The van der Waals surface area contributed by atoms with Crippen LogP contribution in [0.5, 0.6) is 0 Å². The van der Waals surface area contributed by atoms with Crippen molar-refractivity contribution in [1.29, 1.82) is 0 Å². The predicted molar refractivity (Wildman–Crippen MR) is 43.4 cm³/mol. The smallest absolute Gasteiger partial charge is 0.261 e. The minimum Gasteiger partial charge on any atom is -0.261 e. The Morgan fingerprint density at radius 2 is 2.15 bits per heavy atom. The zero-order chi connectivity index (χ0) is 9.47. The molecular formula is C9H8F3N. The molecule has 0 fully saturated rings. The van der Waals surface area contributed by atoms with E-state index in [1.54, 1.807) is 18.4 Å². The fourth-order valence-corrected chi connectivity index (χ4v) is 1.57. The summed E-state index contributed by atoms with van der Waals surface area (Å²) in [6, 6.07) is 0. The standard InChI is InChI=1S/C9H8F3N/c10-9(11,12)7-2-1-6-3-4-13-8(6)5-7/h1,3-4,7H,2,5H2. The van der Waals surface area contributed by atoms with E-state index in [9.17, 15) is 13.2 Å². The van der Waals surface area contributed by atoms with Crippen molar-refractivity contribution < 1.29 is 13.2 Å². The predicted octanol–water partition coefficient (Wildman–Crippen LogP) is 2.85. The van der Waals surface area contributed by atoms with E-state index in [2.05, 4.69) is 4.99 Å². The zero-order valence-electron chi connectivity index (χ0n) is 6.80. The van der Waals surface area contributed by atoms with Crippen LogP contribution in [0.25, 0.3) is 0 Å². The topological polar surface area (TPSA) is 12.4 Å². The van der Waals surface area contributed by atoms with E-state index in [0.717, 1.165) is 5.57 Å². The molecule has 1 heterocycles. The van der Waals surface area contributed by atoms with Crippen LogP contribution < -0.4 is 0 Å². The number of hydrogen-bond donors (Lipinski definition) is 0. The monoisotopic (exact) mass is 187 g/mol. The average Bonchev–Trinajstić information content (AvgIpc) is 2.47. The van der Waals surface area contributed by atoms with E-state index >= 15 is 0 Å². The van der Waals surface area contributed by atoms with Gasteiger partial charge in [0.05, 0.1) is 5.92 Å². The molecule has 0 aromatic rings. The van der Waals surface area contributed by atoms with Gasteiger partial charge in [0.25, 0.3) is 0 Å². The lowest BCUT2D eigenvalue weighted by molar-refractivity contribution is -0.171. The van der Waals surface area contributed by atoms with E-state index in [4.69, 9.17) is 0 Å². The minimum absolute atomic E-state index is 0.0301. The van der Waals surface area contributed by atoms with Crippen molar-refractivity contribution in [3.05, 3.63) is 23.9 Å². The number of aliphatic imine (C=N–C) groups is 1. The van der Waals surface area contributed by atoms with Gasteiger partial charge in [0.15, 0.2) is 0 Å². The van der Waals surface area contributed by atoms with Crippen LogP contribution in [0, 0.1) is 5.92 Å². The van der Waals surface area contributed by atoms with Gasteiger partial charge in [-0.2, -0.15) is 13.2 Å². The van der Waals surface area contributed by atoms with Gasteiger partial charge in [0.1, 0.15) is 0 Å². The molecule has 1 aliphatic carbocycles. The van der Waals surface area contributed by atoms with Crippen LogP contribution in [0.1, 0.15) is 12.8 Å². The molecule has 0 saturated carbocycles. The lowest BCUT2D eigenvalue weighted by Gasteiger charge is -2.22. The first-order valence-corrected chi connectivity index (χ1v) is 4.08. The van der Waals surface area contributed by atoms with E-state index < -0.39 is 12.1 Å². The van der Waals surface area contributed by atoms with Crippen molar-refractivity contribution in [2.24, 2.45) is 10.9 Å². The molecule has 0 radical (unpaired) electrons. The molecule has 1 aliphatic heterocycles. The summed E-state index contributed by atoms with van der Waals surface area (Å²) in [7, 11) is 0. The molecule has 0 saturated heterocycles. The van der Waals surface area contributed by atoms with E-state index in [1.807, 2.05) is 0 Å². The maximum Gasteiger partial charge on any atom is 0.392 e. The van der Waals surface area contributed by atoms with Crippen LogP contribution in [0.15, 0.2) is 28.9 Å². The van der Waals surface area contributed by atoms with Gasteiger partial charge < -0.3 is 0 Å². The fourth-order valence-electron chi connectivity index (χ4n) is 1.57. The van der Waals surface area contributed by atoms with Crippen molar-refractivity contribution in [2.45, 2.75) is 19.0 Å². The second-order valence-electron chi connectivity index (χ2n) is 3.23. The Kier molecular flexibility index (Phi) is 1.78. The van der Waals surface area contributed by atoms with Crippen LogP contribution in [-0.4, -0.2) is 11.9 Å². The molecule has 1 nitrogen and oxygen atoms in total. The summed E-state index contributed by atoms with van der Waals surface area (Å²) >= 11 is 0. The van der Waals surface area contributed by atoms with Crippen molar-refractivity contribution in [3.8, 4) is 0 Å². The molecule has 13 heavy (non-hydrogen) atoms. The van der Waals surface area contributed by atoms with Crippen LogP contribution in [0.2, 0.25) is 0 Å². The highest BCUT2D eigenvalue weighted by molar-refractivity contribution is 6.05. The molecular weight excluding hydrogens is 179 g/mol. The largest absolute Gasteiger partial charge is 0.392 e.